The molecule has 5 heteroatoms. The molecule has 0 bridgehead atoms. The first-order valence-corrected chi connectivity index (χ1v) is 6.48. The molecule has 0 atom stereocenters. The lowest BCUT2D eigenvalue weighted by atomic mass is 9.93. The fraction of sp³-hybridized carbons (Fsp3) is 0.333. The van der Waals surface area contributed by atoms with Gasteiger partial charge in [-0.2, -0.15) is 8.78 Å². The van der Waals surface area contributed by atoms with Gasteiger partial charge in [-0.3, -0.25) is 9.59 Å². The SMILES string of the molecule is CCc1ccc2c(c1)CN(c1cc(=O)c1=O)CC2(F)F. The first kappa shape index (κ1) is 13.0. The van der Waals surface area contributed by atoms with Crippen LogP contribution in [0.5, 0.6) is 0 Å². The third kappa shape index (κ3) is 1.85. The minimum Gasteiger partial charge on any atom is -0.357 e. The number of anilines is 1. The van der Waals surface area contributed by atoms with Crippen LogP contribution >= 0.6 is 0 Å². The highest BCUT2D eigenvalue weighted by Crippen LogP contribution is 2.38. The average molecular weight is 277 g/mol. The molecule has 3 nitrogen and oxygen atoms in total. The van der Waals surface area contributed by atoms with E-state index < -0.39 is 23.3 Å². The summed E-state index contributed by atoms with van der Waals surface area (Å²) in [5.74, 6) is -3.01. The van der Waals surface area contributed by atoms with E-state index in [-0.39, 0.29) is 17.8 Å². The molecule has 0 unspecified atom stereocenters. The normalized spacial score (nSPS) is 17.2. The fourth-order valence-corrected chi connectivity index (χ4v) is 2.65. The van der Waals surface area contributed by atoms with Crippen LogP contribution in [-0.4, -0.2) is 6.54 Å². The van der Waals surface area contributed by atoms with Crippen LogP contribution in [0.2, 0.25) is 0 Å². The van der Waals surface area contributed by atoms with Crippen molar-refractivity contribution in [3.8, 4) is 0 Å². The van der Waals surface area contributed by atoms with Gasteiger partial charge in [0.1, 0.15) is 0 Å². The molecule has 0 fully saturated rings. The summed E-state index contributed by atoms with van der Waals surface area (Å²) in [6.07, 6.45) is 0.763. The largest absolute Gasteiger partial charge is 0.357 e. The van der Waals surface area contributed by atoms with Crippen molar-refractivity contribution in [1.82, 2.24) is 0 Å². The van der Waals surface area contributed by atoms with Crippen molar-refractivity contribution < 1.29 is 8.78 Å². The Bertz CT molecular complexity index is 745. The fourth-order valence-electron chi connectivity index (χ4n) is 2.65. The molecule has 104 valence electrons. The van der Waals surface area contributed by atoms with E-state index in [1.807, 2.05) is 6.92 Å². The molecule has 0 amide bonds. The Morgan fingerprint density at radius 2 is 2.00 bits per heavy atom. The molecule has 1 aliphatic rings. The van der Waals surface area contributed by atoms with Gasteiger partial charge in [-0.15, -0.1) is 0 Å². The number of aryl methyl sites for hydroxylation is 1. The maximum atomic E-state index is 14.2. The van der Waals surface area contributed by atoms with Gasteiger partial charge in [-0.05, 0) is 17.5 Å². The van der Waals surface area contributed by atoms with Gasteiger partial charge in [-0.25, -0.2) is 0 Å². The van der Waals surface area contributed by atoms with E-state index in [0.29, 0.717) is 5.56 Å². The zero-order chi connectivity index (χ0) is 14.5. The van der Waals surface area contributed by atoms with E-state index >= 15 is 0 Å². The molecule has 2 aromatic carbocycles. The number of hydrogen-bond donors (Lipinski definition) is 0. The van der Waals surface area contributed by atoms with Crippen LogP contribution in [-0.2, 0) is 18.9 Å². The predicted molar refractivity (Wildman–Crippen MR) is 72.1 cm³/mol. The van der Waals surface area contributed by atoms with Crippen LogP contribution in [0.15, 0.2) is 33.9 Å². The van der Waals surface area contributed by atoms with Gasteiger partial charge < -0.3 is 4.90 Å². The standard InChI is InChI=1S/C15H13F2NO2/c1-2-9-3-4-11-10(5-9)7-18(8-15(11,16)17)12-6-13(19)14(12)20/h3-6H,2,7-8H2,1H3. The summed E-state index contributed by atoms with van der Waals surface area (Å²) in [7, 11) is 0. The molecule has 20 heavy (non-hydrogen) atoms. The van der Waals surface area contributed by atoms with Crippen molar-refractivity contribution in [3.05, 3.63) is 61.4 Å². The van der Waals surface area contributed by atoms with E-state index in [0.717, 1.165) is 18.1 Å². The summed E-state index contributed by atoms with van der Waals surface area (Å²) < 4.78 is 28.3. The number of fused-ring (bicyclic) bond motifs is 1. The number of benzene rings is 1. The molecule has 2 aromatic rings. The van der Waals surface area contributed by atoms with Gasteiger partial charge in [0.2, 0.25) is 10.9 Å². The lowest BCUT2D eigenvalue weighted by molar-refractivity contribution is -0.00255. The summed E-state index contributed by atoms with van der Waals surface area (Å²) in [6, 6.07) is 6.06. The second-order valence-corrected chi connectivity index (χ2v) is 5.13. The zero-order valence-electron chi connectivity index (χ0n) is 11.0. The van der Waals surface area contributed by atoms with Crippen molar-refractivity contribution in [2.75, 3.05) is 11.4 Å². The molecule has 0 radical (unpaired) electrons. The summed E-state index contributed by atoms with van der Waals surface area (Å²) in [5, 5.41) is 0. The zero-order valence-corrected chi connectivity index (χ0v) is 11.0. The highest BCUT2D eigenvalue weighted by molar-refractivity contribution is 5.54. The number of halogens is 2. The van der Waals surface area contributed by atoms with Crippen LogP contribution < -0.4 is 15.8 Å². The smallest absolute Gasteiger partial charge is 0.290 e. The Hall–Kier alpha value is -2.04. The van der Waals surface area contributed by atoms with Crippen LogP contribution in [0.25, 0.3) is 0 Å². The van der Waals surface area contributed by atoms with Crippen LogP contribution in [0.3, 0.4) is 0 Å². The van der Waals surface area contributed by atoms with Gasteiger partial charge >= 0.3 is 0 Å². The number of hydrogen-bond acceptors (Lipinski definition) is 3. The summed E-state index contributed by atoms with van der Waals surface area (Å²) in [5.41, 5.74) is 0.333. The topological polar surface area (TPSA) is 37.4 Å². The van der Waals surface area contributed by atoms with Crippen molar-refractivity contribution >= 4 is 5.69 Å². The number of alkyl halides is 2. The van der Waals surface area contributed by atoms with Crippen LogP contribution in [0.1, 0.15) is 23.6 Å². The molecule has 1 heterocycles. The molecule has 1 aliphatic heterocycles. The summed E-state index contributed by atoms with van der Waals surface area (Å²) >= 11 is 0. The Kier molecular flexibility index (Phi) is 2.74. The lowest BCUT2D eigenvalue weighted by Crippen LogP contribution is -2.46. The Balaban J connectivity index is 2.04. The second-order valence-electron chi connectivity index (χ2n) is 5.13. The van der Waals surface area contributed by atoms with Gasteiger partial charge in [0.05, 0.1) is 12.2 Å². The minimum atomic E-state index is -3.01. The predicted octanol–water partition coefficient (Wildman–Crippen LogP) is 1.96. The first-order valence-electron chi connectivity index (χ1n) is 6.48. The third-order valence-electron chi connectivity index (χ3n) is 3.79. The number of nitrogens with zero attached hydrogens (tertiary/aromatic N) is 1. The molecule has 0 saturated carbocycles. The molecular weight excluding hydrogens is 264 g/mol. The second kappa shape index (κ2) is 4.23. The average Bonchev–Trinajstić information content (AvgIpc) is 2.42. The van der Waals surface area contributed by atoms with E-state index in [4.69, 9.17) is 0 Å². The van der Waals surface area contributed by atoms with Crippen molar-refractivity contribution in [3.63, 3.8) is 0 Å². The molecule has 0 aliphatic carbocycles. The molecule has 3 rings (SSSR count). The van der Waals surface area contributed by atoms with Crippen LogP contribution in [0, 0.1) is 0 Å². The lowest BCUT2D eigenvalue weighted by Gasteiger charge is -2.36. The van der Waals surface area contributed by atoms with Crippen molar-refractivity contribution in [2.45, 2.75) is 25.8 Å². The Morgan fingerprint density at radius 1 is 1.25 bits per heavy atom. The third-order valence-corrected chi connectivity index (χ3v) is 3.79. The van der Waals surface area contributed by atoms with Crippen molar-refractivity contribution in [1.29, 1.82) is 0 Å². The minimum absolute atomic E-state index is 0.0182. The highest BCUT2D eigenvalue weighted by atomic mass is 19.3. The van der Waals surface area contributed by atoms with Gasteiger partial charge in [0.15, 0.2) is 0 Å². The summed E-state index contributed by atoms with van der Waals surface area (Å²) in [4.78, 5) is 23.7. The van der Waals surface area contributed by atoms with E-state index in [1.54, 1.807) is 12.1 Å². The van der Waals surface area contributed by atoms with Crippen molar-refractivity contribution in [2.24, 2.45) is 0 Å². The van der Waals surface area contributed by atoms with E-state index in [9.17, 15) is 18.4 Å². The monoisotopic (exact) mass is 277 g/mol. The highest BCUT2D eigenvalue weighted by Gasteiger charge is 2.41. The quantitative estimate of drug-likeness (QED) is 0.787. The van der Waals surface area contributed by atoms with E-state index in [2.05, 4.69) is 0 Å². The maximum absolute atomic E-state index is 14.2. The van der Waals surface area contributed by atoms with Crippen LogP contribution in [0.4, 0.5) is 14.5 Å². The first-order chi connectivity index (χ1) is 9.42. The maximum Gasteiger partial charge on any atom is 0.290 e. The molecular formula is C15H13F2NO2. The van der Waals surface area contributed by atoms with Gasteiger partial charge in [0, 0.05) is 18.2 Å². The van der Waals surface area contributed by atoms with E-state index in [1.165, 1.54) is 11.0 Å². The van der Waals surface area contributed by atoms with Gasteiger partial charge in [0.25, 0.3) is 5.92 Å². The molecule has 0 spiro atoms. The number of rotatable bonds is 2. The summed E-state index contributed by atoms with van der Waals surface area (Å²) in [6.45, 7) is 1.64. The van der Waals surface area contributed by atoms with Gasteiger partial charge in [-0.1, -0.05) is 25.1 Å². The molecule has 0 N–H and O–H groups in total. The Labute approximate surface area is 114 Å². The Morgan fingerprint density at radius 3 is 2.60 bits per heavy atom. The molecule has 0 saturated heterocycles. The molecule has 0 aromatic heterocycles.